The first kappa shape index (κ1) is 20.8. The van der Waals surface area contributed by atoms with Gasteiger partial charge < -0.3 is 24.8 Å². The number of aryl methyl sites for hydroxylation is 2. The molecule has 3 heterocycles. The van der Waals surface area contributed by atoms with E-state index in [2.05, 4.69) is 5.32 Å². The van der Waals surface area contributed by atoms with Gasteiger partial charge in [0.2, 0.25) is 11.8 Å². The van der Waals surface area contributed by atoms with Crippen LogP contribution in [0.2, 0.25) is 0 Å². The summed E-state index contributed by atoms with van der Waals surface area (Å²) in [5, 5.41) is 12.5. The lowest BCUT2D eigenvalue weighted by Crippen LogP contribution is -2.53. The molecule has 1 spiro atoms. The number of β-amino-alcohol motifs (C(OH)–C–C–N with tert-alkyl or cyclic N) is 1. The van der Waals surface area contributed by atoms with Crippen LogP contribution in [0.15, 0.2) is 18.2 Å². The van der Waals surface area contributed by atoms with E-state index in [0.717, 1.165) is 11.1 Å². The van der Waals surface area contributed by atoms with Crippen molar-refractivity contribution in [1.82, 2.24) is 4.90 Å². The fourth-order valence-corrected chi connectivity index (χ4v) is 5.51. The van der Waals surface area contributed by atoms with E-state index in [4.69, 9.17) is 9.47 Å². The van der Waals surface area contributed by atoms with Crippen molar-refractivity contribution in [1.29, 1.82) is 0 Å². The highest BCUT2D eigenvalue weighted by Crippen LogP contribution is 2.58. The highest BCUT2D eigenvalue weighted by Gasteiger charge is 2.74. The molecule has 3 aliphatic heterocycles. The molecule has 3 aliphatic rings. The van der Waals surface area contributed by atoms with Crippen LogP contribution in [0.4, 0.5) is 5.69 Å². The number of anilines is 1. The van der Waals surface area contributed by atoms with Crippen molar-refractivity contribution < 1.29 is 29.0 Å². The smallest absolute Gasteiger partial charge is 0.312 e. The van der Waals surface area contributed by atoms with Gasteiger partial charge in [-0.2, -0.15) is 0 Å². The molecule has 1 aromatic rings. The maximum Gasteiger partial charge on any atom is 0.312 e. The second kappa shape index (κ2) is 7.67. The third-order valence-electron chi connectivity index (χ3n) is 6.68. The Balaban J connectivity index is 1.71. The molecule has 8 nitrogen and oxygen atoms in total. The van der Waals surface area contributed by atoms with Gasteiger partial charge in [0.25, 0.3) is 0 Å². The molecule has 0 aliphatic carbocycles. The zero-order valence-corrected chi connectivity index (χ0v) is 17.5. The molecule has 2 unspecified atom stereocenters. The van der Waals surface area contributed by atoms with Gasteiger partial charge in [-0.1, -0.05) is 18.2 Å². The van der Waals surface area contributed by atoms with Crippen LogP contribution in [-0.4, -0.2) is 65.3 Å². The first-order valence-corrected chi connectivity index (χ1v) is 10.5. The third-order valence-corrected chi connectivity index (χ3v) is 6.68. The Morgan fingerprint density at radius 1 is 1.33 bits per heavy atom. The Kier molecular flexibility index (Phi) is 5.32. The van der Waals surface area contributed by atoms with E-state index in [1.165, 1.54) is 4.90 Å². The molecule has 0 radical (unpaired) electrons. The zero-order valence-electron chi connectivity index (χ0n) is 17.5. The minimum atomic E-state index is -1.07. The minimum absolute atomic E-state index is 0.00545. The maximum absolute atomic E-state index is 13.5. The Morgan fingerprint density at radius 3 is 2.67 bits per heavy atom. The number of likely N-dealkylation sites (tertiary alicyclic amines) is 1. The number of hydrogen-bond acceptors (Lipinski definition) is 6. The molecule has 5 atom stereocenters. The molecule has 1 aromatic carbocycles. The van der Waals surface area contributed by atoms with Gasteiger partial charge in [0, 0.05) is 12.2 Å². The highest BCUT2D eigenvalue weighted by molar-refractivity contribution is 6.03. The molecule has 2 amide bonds. The molecule has 4 rings (SSSR count). The number of carbonyl (C=O) groups excluding carboxylic acids is 3. The summed E-state index contributed by atoms with van der Waals surface area (Å²) < 4.78 is 11.4. The number of para-hydroxylation sites is 1. The lowest BCUT2D eigenvalue weighted by Gasteiger charge is -2.33. The fraction of sp³-hybridized carbons (Fsp3) is 0.591. The predicted molar refractivity (Wildman–Crippen MR) is 108 cm³/mol. The van der Waals surface area contributed by atoms with E-state index in [1.54, 1.807) is 6.92 Å². The van der Waals surface area contributed by atoms with Gasteiger partial charge in [0.05, 0.1) is 31.2 Å². The largest absolute Gasteiger partial charge is 0.466 e. The van der Waals surface area contributed by atoms with Crippen molar-refractivity contribution in [3.63, 3.8) is 0 Å². The van der Waals surface area contributed by atoms with Gasteiger partial charge in [-0.15, -0.1) is 0 Å². The number of fused-ring (bicyclic) bond motifs is 1. The number of aliphatic hydroxyl groups is 1. The lowest BCUT2D eigenvalue weighted by atomic mass is 9.70. The molecule has 162 valence electrons. The number of ether oxygens (including phenoxy) is 2. The molecule has 8 heteroatoms. The van der Waals surface area contributed by atoms with Crippen LogP contribution in [0.5, 0.6) is 0 Å². The number of rotatable bonds is 6. The summed E-state index contributed by atoms with van der Waals surface area (Å²) in [4.78, 5) is 40.8. The lowest BCUT2D eigenvalue weighted by molar-refractivity contribution is -0.154. The SMILES string of the molecule is CCOC(=O)[C@@H]1[C@@H]2CCC3(O2)C(C(=O)Nc2c(C)cccc2C)N(CCO)C(=O)[C@H]13. The molecular weight excluding hydrogens is 388 g/mol. The van der Waals surface area contributed by atoms with Crippen molar-refractivity contribution >= 4 is 23.5 Å². The Hall–Kier alpha value is -2.45. The van der Waals surface area contributed by atoms with E-state index in [0.29, 0.717) is 18.5 Å². The standard InChI is InChI=1S/C22H28N2O6/c1-4-29-21(28)15-14-8-9-22(30-14)16(15)20(27)24(10-11-25)18(22)19(26)23-17-12(2)6-5-7-13(17)3/h5-7,14-16,18,25H,4,8-11H2,1-3H3,(H,23,26)/t14-,15+,16-,18?,22?/m0/s1. The monoisotopic (exact) mass is 416 g/mol. The van der Waals surface area contributed by atoms with Gasteiger partial charge in [-0.05, 0) is 44.7 Å². The second-order valence-electron chi connectivity index (χ2n) is 8.32. The zero-order chi connectivity index (χ0) is 21.6. The number of nitrogens with zero attached hydrogens (tertiary/aromatic N) is 1. The van der Waals surface area contributed by atoms with E-state index in [9.17, 15) is 19.5 Å². The number of nitrogens with one attached hydrogen (secondary N) is 1. The number of aliphatic hydroxyl groups excluding tert-OH is 1. The molecule has 2 N–H and O–H groups in total. The molecule has 3 saturated heterocycles. The van der Waals surface area contributed by atoms with Gasteiger partial charge >= 0.3 is 5.97 Å². The van der Waals surface area contributed by atoms with Crippen LogP contribution < -0.4 is 5.32 Å². The minimum Gasteiger partial charge on any atom is -0.466 e. The Bertz CT molecular complexity index is 866. The van der Waals surface area contributed by atoms with Crippen molar-refractivity contribution in [2.75, 3.05) is 25.1 Å². The molecule has 0 saturated carbocycles. The molecular formula is C22H28N2O6. The molecule has 2 bridgehead atoms. The summed E-state index contributed by atoms with van der Waals surface area (Å²) in [7, 11) is 0. The first-order chi connectivity index (χ1) is 14.4. The van der Waals surface area contributed by atoms with E-state index < -0.39 is 35.6 Å². The van der Waals surface area contributed by atoms with E-state index in [-0.39, 0.29) is 31.6 Å². The maximum atomic E-state index is 13.5. The average molecular weight is 416 g/mol. The van der Waals surface area contributed by atoms with Gasteiger partial charge in [-0.3, -0.25) is 14.4 Å². The molecule has 3 fully saturated rings. The topological polar surface area (TPSA) is 105 Å². The normalized spacial score (nSPS) is 31.7. The van der Waals surface area contributed by atoms with E-state index >= 15 is 0 Å². The second-order valence-corrected chi connectivity index (χ2v) is 8.32. The van der Waals surface area contributed by atoms with Crippen LogP contribution in [-0.2, 0) is 23.9 Å². The van der Waals surface area contributed by atoms with Gasteiger partial charge in [0.15, 0.2) is 0 Å². The van der Waals surface area contributed by atoms with Crippen molar-refractivity contribution in [2.45, 2.75) is 51.4 Å². The van der Waals surface area contributed by atoms with Crippen molar-refractivity contribution in [3.8, 4) is 0 Å². The van der Waals surface area contributed by atoms with Crippen LogP contribution in [0.1, 0.15) is 30.9 Å². The number of benzene rings is 1. The molecule has 30 heavy (non-hydrogen) atoms. The summed E-state index contributed by atoms with van der Waals surface area (Å²) in [6.45, 7) is 5.47. The highest BCUT2D eigenvalue weighted by atomic mass is 16.6. The Labute approximate surface area is 175 Å². The van der Waals surface area contributed by atoms with Crippen LogP contribution in [0.25, 0.3) is 0 Å². The first-order valence-electron chi connectivity index (χ1n) is 10.5. The Morgan fingerprint density at radius 2 is 2.03 bits per heavy atom. The summed E-state index contributed by atoms with van der Waals surface area (Å²) in [6.07, 6.45) is 0.675. The van der Waals surface area contributed by atoms with Crippen molar-refractivity contribution in [2.24, 2.45) is 11.8 Å². The van der Waals surface area contributed by atoms with Gasteiger partial charge in [0.1, 0.15) is 11.6 Å². The number of esters is 1. The quantitative estimate of drug-likeness (QED) is 0.675. The number of carbonyl (C=O) groups is 3. The molecule has 0 aromatic heterocycles. The average Bonchev–Trinajstić information content (AvgIpc) is 3.33. The summed E-state index contributed by atoms with van der Waals surface area (Å²) in [5.41, 5.74) is 1.45. The number of hydrogen-bond donors (Lipinski definition) is 2. The summed E-state index contributed by atoms with van der Waals surface area (Å²) in [6, 6.07) is 4.82. The summed E-state index contributed by atoms with van der Waals surface area (Å²) >= 11 is 0. The van der Waals surface area contributed by atoms with E-state index in [1.807, 2.05) is 32.0 Å². The third kappa shape index (κ3) is 2.93. The van der Waals surface area contributed by atoms with Gasteiger partial charge in [-0.25, -0.2) is 0 Å². The van der Waals surface area contributed by atoms with Crippen LogP contribution >= 0.6 is 0 Å². The van der Waals surface area contributed by atoms with Crippen LogP contribution in [0.3, 0.4) is 0 Å². The predicted octanol–water partition coefficient (Wildman–Crippen LogP) is 1.17. The van der Waals surface area contributed by atoms with Crippen molar-refractivity contribution in [3.05, 3.63) is 29.3 Å². The number of amides is 2. The van der Waals surface area contributed by atoms with Crippen LogP contribution in [0, 0.1) is 25.7 Å². The summed E-state index contributed by atoms with van der Waals surface area (Å²) in [5.74, 6) is -2.63. The fourth-order valence-electron chi connectivity index (χ4n) is 5.51.